The monoisotopic (exact) mass is 268 g/mol. The van der Waals surface area contributed by atoms with Crippen LogP contribution in [0.3, 0.4) is 0 Å². The maximum absolute atomic E-state index is 12.3. The van der Waals surface area contributed by atoms with Gasteiger partial charge in [-0.2, -0.15) is 0 Å². The van der Waals surface area contributed by atoms with Crippen molar-refractivity contribution in [3.05, 3.63) is 0 Å². The number of nitrogens with zero attached hydrogens (tertiary/aromatic N) is 3. The third kappa shape index (κ3) is 3.20. The van der Waals surface area contributed by atoms with Gasteiger partial charge < -0.3 is 20.0 Å². The molecule has 0 aliphatic carbocycles. The SMILES string of the molecule is CN1CCNC(CN2CC(C(C)(C)C)N(C)C2=O)C1. The third-order valence-electron chi connectivity index (χ3n) is 4.33. The van der Waals surface area contributed by atoms with Crippen LogP contribution in [0.4, 0.5) is 4.79 Å². The lowest BCUT2D eigenvalue weighted by Crippen LogP contribution is -2.54. The van der Waals surface area contributed by atoms with E-state index in [1.807, 2.05) is 16.8 Å². The fourth-order valence-corrected chi connectivity index (χ4v) is 3.15. The molecule has 2 aliphatic heterocycles. The fraction of sp³-hybridized carbons (Fsp3) is 0.929. The van der Waals surface area contributed by atoms with Gasteiger partial charge in [0.25, 0.3) is 0 Å². The van der Waals surface area contributed by atoms with Crippen molar-refractivity contribution in [2.45, 2.75) is 32.9 Å². The van der Waals surface area contributed by atoms with Gasteiger partial charge in [-0.05, 0) is 12.5 Å². The van der Waals surface area contributed by atoms with Crippen LogP contribution in [0.2, 0.25) is 0 Å². The first kappa shape index (κ1) is 14.6. The molecule has 0 aromatic rings. The van der Waals surface area contributed by atoms with Gasteiger partial charge in [-0.3, -0.25) is 0 Å². The molecule has 2 rings (SSSR count). The Labute approximate surface area is 116 Å². The standard InChI is InChI=1S/C14H28N4O/c1-14(2,3)12-10-18(13(19)17(12)5)9-11-8-16(4)7-6-15-11/h11-12,15H,6-10H2,1-5H3. The van der Waals surface area contributed by atoms with E-state index in [4.69, 9.17) is 0 Å². The minimum absolute atomic E-state index is 0.135. The summed E-state index contributed by atoms with van der Waals surface area (Å²) in [6.45, 7) is 11.4. The van der Waals surface area contributed by atoms with Gasteiger partial charge in [0.2, 0.25) is 0 Å². The molecule has 2 fully saturated rings. The van der Waals surface area contributed by atoms with E-state index in [1.165, 1.54) is 0 Å². The molecule has 5 nitrogen and oxygen atoms in total. The van der Waals surface area contributed by atoms with Crippen molar-refractivity contribution in [1.82, 2.24) is 20.0 Å². The summed E-state index contributed by atoms with van der Waals surface area (Å²) >= 11 is 0. The number of urea groups is 1. The average molecular weight is 268 g/mol. The Bertz CT molecular complexity index is 339. The van der Waals surface area contributed by atoms with E-state index in [2.05, 4.69) is 38.0 Å². The van der Waals surface area contributed by atoms with E-state index >= 15 is 0 Å². The van der Waals surface area contributed by atoms with Crippen LogP contribution in [-0.4, -0.2) is 79.6 Å². The molecule has 5 heteroatoms. The molecule has 0 radical (unpaired) electrons. The highest BCUT2D eigenvalue weighted by molar-refractivity contribution is 5.77. The predicted octanol–water partition coefficient (Wildman–Crippen LogP) is 0.672. The number of carbonyl (C=O) groups is 1. The second kappa shape index (κ2) is 5.29. The van der Waals surface area contributed by atoms with Crippen molar-refractivity contribution >= 4 is 6.03 Å². The van der Waals surface area contributed by atoms with Gasteiger partial charge >= 0.3 is 6.03 Å². The molecule has 19 heavy (non-hydrogen) atoms. The summed E-state index contributed by atoms with van der Waals surface area (Å²) in [5, 5.41) is 3.51. The van der Waals surface area contributed by atoms with E-state index in [-0.39, 0.29) is 11.4 Å². The Morgan fingerprint density at radius 3 is 2.47 bits per heavy atom. The lowest BCUT2D eigenvalue weighted by atomic mass is 9.86. The minimum Gasteiger partial charge on any atom is -0.322 e. The van der Waals surface area contributed by atoms with Crippen LogP contribution >= 0.6 is 0 Å². The molecule has 110 valence electrons. The summed E-state index contributed by atoms with van der Waals surface area (Å²) in [7, 11) is 4.07. The summed E-state index contributed by atoms with van der Waals surface area (Å²) in [5.41, 5.74) is 0.135. The highest BCUT2D eigenvalue weighted by atomic mass is 16.2. The Balaban J connectivity index is 1.96. The first-order valence-corrected chi connectivity index (χ1v) is 7.22. The molecule has 2 atom stereocenters. The van der Waals surface area contributed by atoms with E-state index in [9.17, 15) is 4.79 Å². The molecule has 0 saturated carbocycles. The maximum Gasteiger partial charge on any atom is 0.320 e. The zero-order valence-corrected chi connectivity index (χ0v) is 12.9. The van der Waals surface area contributed by atoms with Crippen LogP contribution in [0, 0.1) is 5.41 Å². The molecule has 2 aliphatic rings. The second-order valence-corrected chi connectivity index (χ2v) is 7.09. The fourth-order valence-electron chi connectivity index (χ4n) is 3.15. The molecule has 2 amide bonds. The van der Waals surface area contributed by atoms with Gasteiger partial charge in [0.1, 0.15) is 0 Å². The van der Waals surface area contributed by atoms with Gasteiger partial charge in [0, 0.05) is 45.8 Å². The van der Waals surface area contributed by atoms with Crippen molar-refractivity contribution in [1.29, 1.82) is 0 Å². The summed E-state index contributed by atoms with van der Waals surface area (Å²) in [4.78, 5) is 18.6. The predicted molar refractivity (Wildman–Crippen MR) is 77.3 cm³/mol. The van der Waals surface area contributed by atoms with Crippen LogP contribution in [0.25, 0.3) is 0 Å². The Morgan fingerprint density at radius 2 is 1.95 bits per heavy atom. The van der Waals surface area contributed by atoms with Gasteiger partial charge in [-0.25, -0.2) is 4.79 Å². The summed E-state index contributed by atoms with van der Waals surface area (Å²) in [6.07, 6.45) is 0. The number of carbonyl (C=O) groups excluding carboxylic acids is 1. The number of hydrogen-bond donors (Lipinski definition) is 1. The van der Waals surface area contributed by atoms with Gasteiger partial charge in [0.05, 0.1) is 6.04 Å². The molecule has 1 N–H and O–H groups in total. The molecule has 0 aromatic heterocycles. The number of amides is 2. The average Bonchev–Trinajstić information content (AvgIpc) is 2.57. The Morgan fingerprint density at radius 1 is 1.26 bits per heavy atom. The summed E-state index contributed by atoms with van der Waals surface area (Å²) < 4.78 is 0. The van der Waals surface area contributed by atoms with E-state index in [0.29, 0.717) is 12.1 Å². The zero-order chi connectivity index (χ0) is 14.2. The van der Waals surface area contributed by atoms with Crippen molar-refractivity contribution < 1.29 is 4.79 Å². The van der Waals surface area contributed by atoms with E-state index in [1.54, 1.807) is 0 Å². The molecular weight excluding hydrogens is 240 g/mol. The third-order valence-corrected chi connectivity index (χ3v) is 4.33. The lowest BCUT2D eigenvalue weighted by Gasteiger charge is -2.33. The Kier molecular flexibility index (Phi) is 4.06. The molecule has 0 bridgehead atoms. The highest BCUT2D eigenvalue weighted by Gasteiger charge is 2.41. The molecular formula is C14H28N4O. The first-order chi connectivity index (χ1) is 8.79. The van der Waals surface area contributed by atoms with Crippen molar-refractivity contribution in [3.63, 3.8) is 0 Å². The molecule has 2 unspecified atom stereocenters. The summed E-state index contributed by atoms with van der Waals surface area (Å²) in [6, 6.07) is 0.881. The quantitative estimate of drug-likeness (QED) is 0.800. The van der Waals surface area contributed by atoms with Crippen molar-refractivity contribution in [3.8, 4) is 0 Å². The largest absolute Gasteiger partial charge is 0.322 e. The molecule has 0 spiro atoms. The zero-order valence-electron chi connectivity index (χ0n) is 12.9. The minimum atomic E-state index is 0.135. The second-order valence-electron chi connectivity index (χ2n) is 7.09. The number of nitrogens with one attached hydrogen (secondary N) is 1. The molecule has 0 aromatic carbocycles. The van der Waals surface area contributed by atoms with E-state index in [0.717, 1.165) is 32.7 Å². The number of likely N-dealkylation sites (N-methyl/N-ethyl adjacent to an activating group) is 2. The topological polar surface area (TPSA) is 38.8 Å². The Hall–Kier alpha value is -0.810. The summed E-state index contributed by atoms with van der Waals surface area (Å²) in [5.74, 6) is 0. The number of hydrogen-bond acceptors (Lipinski definition) is 3. The number of piperazine rings is 1. The van der Waals surface area contributed by atoms with Crippen LogP contribution < -0.4 is 5.32 Å². The first-order valence-electron chi connectivity index (χ1n) is 7.22. The van der Waals surface area contributed by atoms with Crippen LogP contribution in [0.5, 0.6) is 0 Å². The maximum atomic E-state index is 12.3. The lowest BCUT2D eigenvalue weighted by molar-refractivity contribution is 0.169. The van der Waals surface area contributed by atoms with Gasteiger partial charge in [0.15, 0.2) is 0 Å². The van der Waals surface area contributed by atoms with Gasteiger partial charge in [-0.15, -0.1) is 0 Å². The molecule has 2 saturated heterocycles. The smallest absolute Gasteiger partial charge is 0.320 e. The van der Waals surface area contributed by atoms with Gasteiger partial charge in [-0.1, -0.05) is 20.8 Å². The molecule has 2 heterocycles. The van der Waals surface area contributed by atoms with Crippen LogP contribution in [-0.2, 0) is 0 Å². The van der Waals surface area contributed by atoms with E-state index < -0.39 is 0 Å². The highest BCUT2D eigenvalue weighted by Crippen LogP contribution is 2.29. The normalized spacial score (nSPS) is 30.3. The van der Waals surface area contributed by atoms with Crippen molar-refractivity contribution in [2.24, 2.45) is 5.41 Å². The van der Waals surface area contributed by atoms with Crippen LogP contribution in [0.1, 0.15) is 20.8 Å². The van der Waals surface area contributed by atoms with Crippen LogP contribution in [0.15, 0.2) is 0 Å². The van der Waals surface area contributed by atoms with Crippen molar-refractivity contribution in [2.75, 3.05) is 46.8 Å². The number of rotatable bonds is 2.